The maximum absolute atomic E-state index is 9.97. The van der Waals surface area contributed by atoms with Gasteiger partial charge in [0, 0.05) is 5.39 Å². The Bertz CT molecular complexity index is 407. The van der Waals surface area contributed by atoms with Crippen LogP contribution in [0.15, 0.2) is 29.6 Å². The second-order valence-corrected chi connectivity index (χ2v) is 2.58. The standard InChI is InChI=1S/C8H7N3O/c12-10-4-6-1-2-7-5-9-11-8(7)3-6/h1-3,5H,4H2,(H,9,11). The normalized spacial score (nSPS) is 10.3. The van der Waals surface area contributed by atoms with Crippen molar-refractivity contribution in [3.05, 3.63) is 34.9 Å². The van der Waals surface area contributed by atoms with Crippen molar-refractivity contribution >= 4 is 10.9 Å². The lowest BCUT2D eigenvalue weighted by Crippen LogP contribution is -1.79. The zero-order chi connectivity index (χ0) is 8.39. The molecule has 4 heteroatoms. The van der Waals surface area contributed by atoms with Crippen LogP contribution in [0.2, 0.25) is 0 Å². The maximum Gasteiger partial charge on any atom is 0.106 e. The summed E-state index contributed by atoms with van der Waals surface area (Å²) in [6.45, 7) is 0.217. The first kappa shape index (κ1) is 6.97. The minimum absolute atomic E-state index is 0.217. The van der Waals surface area contributed by atoms with Crippen LogP contribution in [0.1, 0.15) is 5.56 Å². The third-order valence-corrected chi connectivity index (χ3v) is 1.75. The number of nitrogens with one attached hydrogen (secondary N) is 1. The lowest BCUT2D eigenvalue weighted by molar-refractivity contribution is 1.05. The Kier molecular flexibility index (Phi) is 1.59. The summed E-state index contributed by atoms with van der Waals surface area (Å²) in [5.74, 6) is 0. The first-order chi connectivity index (χ1) is 5.90. The first-order valence-electron chi connectivity index (χ1n) is 3.61. The quantitative estimate of drug-likeness (QED) is 0.683. The number of hydrogen-bond donors (Lipinski definition) is 1. The van der Waals surface area contributed by atoms with Gasteiger partial charge < -0.3 is 0 Å². The highest BCUT2D eigenvalue weighted by Gasteiger charge is 1.96. The topological polar surface area (TPSA) is 58.1 Å². The average Bonchev–Trinajstić information content (AvgIpc) is 2.51. The van der Waals surface area contributed by atoms with Gasteiger partial charge in [0.2, 0.25) is 0 Å². The largest absolute Gasteiger partial charge is 0.278 e. The summed E-state index contributed by atoms with van der Waals surface area (Å²) in [5, 5.41) is 10.6. The molecular formula is C8H7N3O. The van der Waals surface area contributed by atoms with E-state index < -0.39 is 0 Å². The van der Waals surface area contributed by atoms with E-state index in [4.69, 9.17) is 0 Å². The number of aromatic nitrogens is 2. The number of nitrogens with zero attached hydrogens (tertiary/aromatic N) is 2. The van der Waals surface area contributed by atoms with Crippen LogP contribution in [0.25, 0.3) is 10.9 Å². The minimum Gasteiger partial charge on any atom is -0.278 e. The van der Waals surface area contributed by atoms with E-state index in [1.807, 2.05) is 18.2 Å². The molecular weight excluding hydrogens is 154 g/mol. The van der Waals surface area contributed by atoms with Crippen molar-refractivity contribution in [2.24, 2.45) is 5.18 Å². The number of rotatable bonds is 2. The predicted octanol–water partition coefficient (Wildman–Crippen LogP) is 1.83. The van der Waals surface area contributed by atoms with Crippen molar-refractivity contribution in [2.75, 3.05) is 0 Å². The van der Waals surface area contributed by atoms with E-state index in [0.29, 0.717) is 0 Å². The van der Waals surface area contributed by atoms with E-state index in [9.17, 15) is 4.91 Å². The molecule has 0 radical (unpaired) electrons. The van der Waals surface area contributed by atoms with Gasteiger partial charge in [-0.25, -0.2) is 0 Å². The van der Waals surface area contributed by atoms with E-state index in [1.165, 1.54) is 0 Å². The van der Waals surface area contributed by atoms with Crippen molar-refractivity contribution in [3.8, 4) is 0 Å². The number of aromatic amines is 1. The molecule has 0 aliphatic carbocycles. The number of benzene rings is 1. The van der Waals surface area contributed by atoms with Crippen LogP contribution >= 0.6 is 0 Å². The van der Waals surface area contributed by atoms with Gasteiger partial charge in [-0.2, -0.15) is 10.0 Å². The van der Waals surface area contributed by atoms with Crippen molar-refractivity contribution in [2.45, 2.75) is 6.54 Å². The van der Waals surface area contributed by atoms with Gasteiger partial charge >= 0.3 is 0 Å². The molecule has 0 fully saturated rings. The van der Waals surface area contributed by atoms with Gasteiger partial charge in [-0.1, -0.05) is 17.3 Å². The third-order valence-electron chi connectivity index (χ3n) is 1.75. The molecule has 0 saturated heterocycles. The van der Waals surface area contributed by atoms with Crippen LogP contribution in [-0.4, -0.2) is 10.2 Å². The van der Waals surface area contributed by atoms with E-state index in [0.717, 1.165) is 16.5 Å². The predicted molar refractivity (Wildman–Crippen MR) is 45.6 cm³/mol. The van der Waals surface area contributed by atoms with E-state index in [1.54, 1.807) is 6.20 Å². The third kappa shape index (κ3) is 1.07. The Labute approximate surface area is 68.6 Å². The molecule has 0 bridgehead atoms. The minimum atomic E-state index is 0.217. The van der Waals surface area contributed by atoms with Crippen LogP contribution in [0.5, 0.6) is 0 Å². The molecule has 60 valence electrons. The summed E-state index contributed by atoms with van der Waals surface area (Å²) >= 11 is 0. The lowest BCUT2D eigenvalue weighted by Gasteiger charge is -1.92. The van der Waals surface area contributed by atoms with Crippen molar-refractivity contribution < 1.29 is 0 Å². The summed E-state index contributed by atoms with van der Waals surface area (Å²) in [5.41, 5.74) is 1.85. The van der Waals surface area contributed by atoms with Crippen LogP contribution < -0.4 is 0 Å². The Morgan fingerprint density at radius 2 is 2.42 bits per heavy atom. The van der Waals surface area contributed by atoms with Gasteiger partial charge in [-0.3, -0.25) is 5.10 Å². The van der Waals surface area contributed by atoms with E-state index in [-0.39, 0.29) is 6.54 Å². The van der Waals surface area contributed by atoms with Gasteiger partial charge in [0.05, 0.1) is 11.7 Å². The smallest absolute Gasteiger partial charge is 0.106 e. The summed E-state index contributed by atoms with van der Waals surface area (Å²) < 4.78 is 0. The molecule has 0 amide bonds. The average molecular weight is 161 g/mol. The molecule has 12 heavy (non-hydrogen) atoms. The summed E-state index contributed by atoms with van der Waals surface area (Å²) in [4.78, 5) is 9.97. The van der Waals surface area contributed by atoms with Crippen molar-refractivity contribution in [3.63, 3.8) is 0 Å². The van der Waals surface area contributed by atoms with Gasteiger partial charge in [0.15, 0.2) is 0 Å². The van der Waals surface area contributed by atoms with E-state index >= 15 is 0 Å². The van der Waals surface area contributed by atoms with Crippen LogP contribution in [0.3, 0.4) is 0 Å². The molecule has 1 N–H and O–H groups in total. The summed E-state index contributed by atoms with van der Waals surface area (Å²) in [7, 11) is 0. The van der Waals surface area contributed by atoms with Crippen LogP contribution in [0.4, 0.5) is 0 Å². The maximum atomic E-state index is 9.97. The summed E-state index contributed by atoms with van der Waals surface area (Å²) in [6.07, 6.45) is 1.74. The van der Waals surface area contributed by atoms with Crippen LogP contribution in [0, 0.1) is 4.91 Å². The molecule has 0 spiro atoms. The zero-order valence-corrected chi connectivity index (χ0v) is 6.32. The molecule has 2 aromatic rings. The number of H-pyrrole nitrogens is 1. The molecule has 0 aliphatic heterocycles. The van der Waals surface area contributed by atoms with E-state index in [2.05, 4.69) is 15.4 Å². The Balaban J connectivity index is 2.52. The molecule has 4 nitrogen and oxygen atoms in total. The second kappa shape index (κ2) is 2.73. The molecule has 0 aliphatic rings. The number of fused-ring (bicyclic) bond motifs is 1. The Morgan fingerprint density at radius 3 is 3.25 bits per heavy atom. The zero-order valence-electron chi connectivity index (χ0n) is 6.32. The van der Waals surface area contributed by atoms with Crippen LogP contribution in [-0.2, 0) is 6.54 Å². The molecule has 0 unspecified atom stereocenters. The van der Waals surface area contributed by atoms with Gasteiger partial charge in [0.1, 0.15) is 6.54 Å². The molecule has 0 atom stereocenters. The number of nitroso groups, excluding NO2 is 1. The lowest BCUT2D eigenvalue weighted by atomic mass is 10.2. The SMILES string of the molecule is O=NCc1ccc2cn[nH]c2c1. The number of hydrogen-bond acceptors (Lipinski definition) is 3. The first-order valence-corrected chi connectivity index (χ1v) is 3.61. The second-order valence-electron chi connectivity index (χ2n) is 2.58. The fraction of sp³-hybridized carbons (Fsp3) is 0.125. The molecule has 2 rings (SSSR count). The highest BCUT2D eigenvalue weighted by Crippen LogP contribution is 2.12. The fourth-order valence-corrected chi connectivity index (χ4v) is 1.16. The Morgan fingerprint density at radius 1 is 1.50 bits per heavy atom. The summed E-state index contributed by atoms with van der Waals surface area (Å²) in [6, 6.07) is 5.67. The fourth-order valence-electron chi connectivity index (χ4n) is 1.16. The molecule has 1 aromatic heterocycles. The van der Waals surface area contributed by atoms with Gasteiger partial charge in [-0.15, -0.1) is 0 Å². The molecule has 0 saturated carbocycles. The van der Waals surface area contributed by atoms with Crippen molar-refractivity contribution in [1.29, 1.82) is 0 Å². The monoisotopic (exact) mass is 161 g/mol. The Hall–Kier alpha value is -1.71. The highest BCUT2D eigenvalue weighted by molar-refractivity contribution is 5.78. The van der Waals surface area contributed by atoms with Gasteiger partial charge in [0.25, 0.3) is 0 Å². The molecule has 1 heterocycles. The van der Waals surface area contributed by atoms with Crippen molar-refractivity contribution in [1.82, 2.24) is 10.2 Å². The molecule has 1 aromatic carbocycles. The van der Waals surface area contributed by atoms with Gasteiger partial charge in [-0.05, 0) is 11.6 Å². The highest BCUT2D eigenvalue weighted by atomic mass is 16.3.